The zero-order valence-electron chi connectivity index (χ0n) is 15.8. The Kier molecular flexibility index (Phi) is 5.39. The van der Waals surface area contributed by atoms with Crippen LogP contribution in [-0.2, 0) is 26.1 Å². The Balaban J connectivity index is 1.39. The van der Waals surface area contributed by atoms with Gasteiger partial charge in [0.15, 0.2) is 5.76 Å². The third-order valence-corrected chi connectivity index (χ3v) is 5.10. The summed E-state index contributed by atoms with van der Waals surface area (Å²) < 4.78 is 11.1. The molecule has 148 valence electrons. The minimum Gasteiger partial charge on any atom is -0.482 e. The van der Waals surface area contributed by atoms with Crippen molar-refractivity contribution in [3.05, 3.63) is 104 Å². The Morgan fingerprint density at radius 3 is 2.72 bits per heavy atom. The fourth-order valence-electron chi connectivity index (χ4n) is 3.60. The molecule has 1 atom stereocenters. The van der Waals surface area contributed by atoms with Crippen LogP contribution in [0, 0.1) is 10.1 Å². The van der Waals surface area contributed by atoms with E-state index in [-0.39, 0.29) is 23.5 Å². The summed E-state index contributed by atoms with van der Waals surface area (Å²) in [5.74, 6) is 0.714. The molecule has 2 aromatic carbocycles. The summed E-state index contributed by atoms with van der Waals surface area (Å²) in [4.78, 5) is 24.1. The number of nitrogens with one attached hydrogen (secondary N) is 1. The lowest BCUT2D eigenvalue weighted by Crippen LogP contribution is -3.10. The van der Waals surface area contributed by atoms with Gasteiger partial charge in [-0.05, 0) is 11.1 Å². The van der Waals surface area contributed by atoms with Crippen LogP contribution in [0.3, 0.4) is 0 Å². The molecule has 0 aliphatic carbocycles. The van der Waals surface area contributed by atoms with E-state index in [1.807, 2.05) is 0 Å². The molecule has 7 heteroatoms. The minimum absolute atomic E-state index is 0.0143. The van der Waals surface area contributed by atoms with Gasteiger partial charge in [0.25, 0.3) is 5.69 Å². The van der Waals surface area contributed by atoms with Crippen molar-refractivity contribution in [2.24, 2.45) is 0 Å². The number of hydrogen-bond donors (Lipinski definition) is 1. The van der Waals surface area contributed by atoms with Crippen LogP contribution in [0.2, 0.25) is 0 Å². The highest BCUT2D eigenvalue weighted by molar-refractivity contribution is 5.34. The molecule has 1 aliphatic rings. The molecule has 0 saturated heterocycles. The van der Waals surface area contributed by atoms with Crippen LogP contribution in [0.25, 0.3) is 0 Å². The molecule has 3 aromatic rings. The molecule has 1 unspecified atom stereocenters. The van der Waals surface area contributed by atoms with Crippen molar-refractivity contribution in [1.82, 2.24) is 0 Å². The highest BCUT2D eigenvalue weighted by atomic mass is 16.6. The molecule has 0 fully saturated rings. The molecule has 0 amide bonds. The zero-order chi connectivity index (χ0) is 20.2. The zero-order valence-corrected chi connectivity index (χ0v) is 15.8. The molecule has 29 heavy (non-hydrogen) atoms. The van der Waals surface area contributed by atoms with Crippen molar-refractivity contribution in [2.45, 2.75) is 26.1 Å². The van der Waals surface area contributed by atoms with Crippen LogP contribution in [0.15, 0.2) is 70.1 Å². The van der Waals surface area contributed by atoms with E-state index in [2.05, 4.69) is 24.3 Å². The van der Waals surface area contributed by atoms with Crippen molar-refractivity contribution in [1.29, 1.82) is 0 Å². The number of hydrogen-bond acceptors (Lipinski definition) is 5. The van der Waals surface area contributed by atoms with Crippen LogP contribution in [0.5, 0.6) is 5.75 Å². The van der Waals surface area contributed by atoms with E-state index in [1.165, 1.54) is 40.5 Å². The summed E-state index contributed by atoms with van der Waals surface area (Å²) >= 11 is 0. The summed E-state index contributed by atoms with van der Waals surface area (Å²) in [7, 11) is 0. The second-order valence-corrected chi connectivity index (χ2v) is 7.16. The molecule has 1 aliphatic heterocycles. The van der Waals surface area contributed by atoms with E-state index in [4.69, 9.17) is 9.15 Å². The smallest absolute Gasteiger partial charge is 0.269 e. The minimum atomic E-state index is -0.464. The first-order valence-corrected chi connectivity index (χ1v) is 9.47. The van der Waals surface area contributed by atoms with E-state index in [0.717, 1.165) is 19.5 Å². The van der Waals surface area contributed by atoms with Crippen molar-refractivity contribution in [3.8, 4) is 5.75 Å². The van der Waals surface area contributed by atoms with Gasteiger partial charge in [0.1, 0.15) is 26.0 Å². The van der Waals surface area contributed by atoms with Gasteiger partial charge in [-0.1, -0.05) is 36.4 Å². The summed E-state index contributed by atoms with van der Waals surface area (Å²) in [5.41, 5.74) is 3.07. The van der Waals surface area contributed by atoms with Gasteiger partial charge in [-0.3, -0.25) is 14.9 Å². The molecule has 1 aromatic heterocycles. The first kappa shape index (κ1) is 18.9. The van der Waals surface area contributed by atoms with E-state index in [0.29, 0.717) is 17.9 Å². The second-order valence-electron chi connectivity index (χ2n) is 7.16. The van der Waals surface area contributed by atoms with Crippen molar-refractivity contribution in [2.75, 3.05) is 6.54 Å². The molecular weight excluding hydrogens is 372 g/mol. The fourth-order valence-corrected chi connectivity index (χ4v) is 3.60. The number of fused-ring (bicyclic) bond motifs is 1. The number of nitro groups is 1. The van der Waals surface area contributed by atoms with E-state index < -0.39 is 4.92 Å². The predicted octanol–water partition coefficient (Wildman–Crippen LogP) is 2.27. The first-order valence-electron chi connectivity index (χ1n) is 9.47. The monoisotopic (exact) mass is 393 g/mol. The molecule has 0 spiro atoms. The number of rotatable bonds is 6. The Hall–Kier alpha value is -3.45. The van der Waals surface area contributed by atoms with Gasteiger partial charge in [0, 0.05) is 30.2 Å². The Morgan fingerprint density at radius 2 is 1.93 bits per heavy atom. The number of ether oxygens (including phenoxy) is 1. The SMILES string of the molecule is O=c1cc(C[NH+]2CCc3ccccc3C2)occ1OCc1cccc([N+](=O)[O-])c1. The van der Waals surface area contributed by atoms with Crippen LogP contribution >= 0.6 is 0 Å². The maximum Gasteiger partial charge on any atom is 0.269 e. The first-order chi connectivity index (χ1) is 14.1. The quantitative estimate of drug-likeness (QED) is 0.513. The highest BCUT2D eigenvalue weighted by Gasteiger charge is 2.20. The number of benzene rings is 2. The molecule has 0 saturated carbocycles. The van der Waals surface area contributed by atoms with Crippen LogP contribution in [-0.4, -0.2) is 11.5 Å². The molecule has 4 rings (SSSR count). The van der Waals surface area contributed by atoms with E-state index >= 15 is 0 Å². The number of nitrogens with zero attached hydrogens (tertiary/aromatic N) is 1. The Morgan fingerprint density at radius 1 is 1.10 bits per heavy atom. The van der Waals surface area contributed by atoms with Crippen LogP contribution < -0.4 is 15.1 Å². The summed E-state index contributed by atoms with van der Waals surface area (Å²) in [5, 5.41) is 10.8. The van der Waals surface area contributed by atoms with Gasteiger partial charge in [-0.15, -0.1) is 0 Å². The third kappa shape index (κ3) is 4.52. The van der Waals surface area contributed by atoms with Crippen molar-refractivity contribution < 1.29 is 19.0 Å². The number of quaternary nitrogens is 1. The van der Waals surface area contributed by atoms with Gasteiger partial charge in [0.05, 0.1) is 11.5 Å². The summed E-state index contributed by atoms with van der Waals surface area (Å²) in [6.45, 7) is 2.59. The third-order valence-electron chi connectivity index (χ3n) is 5.10. The Labute approximate surface area is 167 Å². The lowest BCUT2D eigenvalue weighted by molar-refractivity contribution is -0.930. The predicted molar refractivity (Wildman–Crippen MR) is 106 cm³/mol. The van der Waals surface area contributed by atoms with Gasteiger partial charge >= 0.3 is 0 Å². The van der Waals surface area contributed by atoms with Gasteiger partial charge in [-0.2, -0.15) is 0 Å². The normalized spacial score (nSPS) is 15.5. The lowest BCUT2D eigenvalue weighted by Gasteiger charge is -2.25. The summed E-state index contributed by atoms with van der Waals surface area (Å²) in [6, 6.07) is 16.0. The van der Waals surface area contributed by atoms with Gasteiger partial charge in [0.2, 0.25) is 11.2 Å². The topological polar surface area (TPSA) is 87.0 Å². The molecular formula is C22H21N2O5+. The lowest BCUT2D eigenvalue weighted by atomic mass is 10.00. The largest absolute Gasteiger partial charge is 0.482 e. The van der Waals surface area contributed by atoms with Crippen molar-refractivity contribution in [3.63, 3.8) is 0 Å². The second kappa shape index (κ2) is 8.28. The number of nitro benzene ring substituents is 1. The van der Waals surface area contributed by atoms with Crippen molar-refractivity contribution >= 4 is 5.69 Å². The van der Waals surface area contributed by atoms with Crippen LogP contribution in [0.4, 0.5) is 5.69 Å². The highest BCUT2D eigenvalue weighted by Crippen LogP contribution is 2.15. The molecule has 0 radical (unpaired) electrons. The molecule has 0 bridgehead atoms. The van der Waals surface area contributed by atoms with Gasteiger partial charge < -0.3 is 14.1 Å². The van der Waals surface area contributed by atoms with E-state index in [1.54, 1.807) is 12.1 Å². The fraction of sp³-hybridized carbons (Fsp3) is 0.227. The van der Waals surface area contributed by atoms with Gasteiger partial charge in [-0.25, -0.2) is 0 Å². The number of non-ortho nitro benzene ring substituents is 1. The maximum atomic E-state index is 12.4. The average molecular weight is 393 g/mol. The molecule has 2 heterocycles. The van der Waals surface area contributed by atoms with Crippen LogP contribution in [0.1, 0.15) is 22.5 Å². The maximum absolute atomic E-state index is 12.4. The molecule has 7 nitrogen and oxygen atoms in total. The molecule has 1 N–H and O–H groups in total. The summed E-state index contributed by atoms with van der Waals surface area (Å²) in [6.07, 6.45) is 2.34. The average Bonchev–Trinajstić information content (AvgIpc) is 2.73. The van der Waals surface area contributed by atoms with E-state index in [9.17, 15) is 14.9 Å². The Bertz CT molecular complexity index is 1090. The standard InChI is InChI=1S/C22H20N2O5/c25-21-11-20(13-23-9-8-17-5-1-2-6-18(17)12-23)28-15-22(21)29-14-16-4-3-7-19(10-16)24(26)27/h1-7,10-11,15H,8-9,12-14H2/p+1.